The van der Waals surface area contributed by atoms with Crippen LogP contribution in [0.2, 0.25) is 0 Å². The molecule has 1 fully saturated rings. The maximum Gasteiger partial charge on any atom is 0.177 e. The van der Waals surface area contributed by atoms with E-state index in [0.717, 1.165) is 36.1 Å². The minimum atomic E-state index is 0.262. The number of carbonyl (C=O) groups excluding carboxylic acids is 1. The fraction of sp³-hybridized carbons (Fsp3) is 0.562. The van der Waals surface area contributed by atoms with Crippen LogP contribution in [-0.2, 0) is 0 Å². The Balaban J connectivity index is 1.95. The van der Waals surface area contributed by atoms with Crippen LogP contribution in [0.3, 0.4) is 0 Å². The first-order valence-electron chi connectivity index (χ1n) is 6.89. The van der Waals surface area contributed by atoms with Crippen LogP contribution in [0.25, 0.3) is 0 Å². The smallest absolute Gasteiger partial charge is 0.177 e. The minimum absolute atomic E-state index is 0.262. The number of carbonyl (C=O) groups is 1. The van der Waals surface area contributed by atoms with E-state index >= 15 is 0 Å². The summed E-state index contributed by atoms with van der Waals surface area (Å²) < 4.78 is 0. The summed E-state index contributed by atoms with van der Waals surface area (Å²) in [5.41, 5.74) is 1.97. The molecule has 0 radical (unpaired) electrons. The molecule has 1 aromatic rings. The van der Waals surface area contributed by atoms with Gasteiger partial charge in [-0.1, -0.05) is 38.1 Å². The van der Waals surface area contributed by atoms with Crippen molar-refractivity contribution < 1.29 is 4.79 Å². The van der Waals surface area contributed by atoms with Crippen LogP contribution in [0.4, 0.5) is 0 Å². The molecule has 98 valence electrons. The van der Waals surface area contributed by atoms with Gasteiger partial charge in [-0.3, -0.25) is 9.69 Å². The number of benzene rings is 1. The van der Waals surface area contributed by atoms with Crippen LogP contribution in [0.5, 0.6) is 0 Å². The van der Waals surface area contributed by atoms with Crippen LogP contribution >= 0.6 is 0 Å². The van der Waals surface area contributed by atoms with E-state index in [2.05, 4.69) is 18.7 Å². The average molecular weight is 245 g/mol. The minimum Gasteiger partial charge on any atom is -0.296 e. The Morgan fingerprint density at radius 1 is 1.39 bits per heavy atom. The van der Waals surface area contributed by atoms with Gasteiger partial charge < -0.3 is 0 Å². The van der Waals surface area contributed by atoms with E-state index in [0.29, 0.717) is 6.54 Å². The number of hydrogen-bond donors (Lipinski definition) is 0. The van der Waals surface area contributed by atoms with Gasteiger partial charge in [0.25, 0.3) is 0 Å². The third-order valence-electron chi connectivity index (χ3n) is 4.06. The Hall–Kier alpha value is -1.15. The normalized spacial score (nSPS) is 20.6. The topological polar surface area (TPSA) is 20.3 Å². The molecule has 0 amide bonds. The summed E-state index contributed by atoms with van der Waals surface area (Å²) in [5, 5.41) is 0. The van der Waals surface area contributed by atoms with Gasteiger partial charge in [0.15, 0.2) is 5.78 Å². The summed E-state index contributed by atoms with van der Waals surface area (Å²) in [6.45, 7) is 9.28. The highest BCUT2D eigenvalue weighted by Gasteiger charge is 2.26. The SMILES string of the molecule is Cc1ccccc1C(=O)CN1CCC(C(C)C)C1. The molecule has 1 heterocycles. The van der Waals surface area contributed by atoms with Gasteiger partial charge in [0.2, 0.25) is 0 Å². The summed E-state index contributed by atoms with van der Waals surface area (Å²) in [6.07, 6.45) is 1.23. The molecule has 0 saturated carbocycles. The molecule has 1 aromatic carbocycles. The fourth-order valence-electron chi connectivity index (χ4n) is 2.72. The molecular formula is C16H23NO. The number of nitrogens with zero attached hydrogens (tertiary/aromatic N) is 1. The molecule has 1 atom stereocenters. The van der Waals surface area contributed by atoms with E-state index in [9.17, 15) is 4.79 Å². The molecule has 0 bridgehead atoms. The Morgan fingerprint density at radius 3 is 2.72 bits per heavy atom. The molecule has 2 rings (SSSR count). The Morgan fingerprint density at radius 2 is 2.11 bits per heavy atom. The van der Waals surface area contributed by atoms with Gasteiger partial charge in [-0.25, -0.2) is 0 Å². The zero-order chi connectivity index (χ0) is 13.1. The molecule has 2 nitrogen and oxygen atoms in total. The largest absolute Gasteiger partial charge is 0.296 e. The van der Waals surface area contributed by atoms with Crippen LogP contribution < -0.4 is 0 Å². The molecule has 0 spiro atoms. The fourth-order valence-corrected chi connectivity index (χ4v) is 2.72. The van der Waals surface area contributed by atoms with Gasteiger partial charge in [-0.15, -0.1) is 0 Å². The summed E-state index contributed by atoms with van der Waals surface area (Å²) in [5.74, 6) is 1.75. The van der Waals surface area contributed by atoms with Crippen LogP contribution in [-0.4, -0.2) is 30.3 Å². The predicted octanol–water partition coefficient (Wildman–Crippen LogP) is 3.16. The van der Waals surface area contributed by atoms with E-state index in [1.165, 1.54) is 6.42 Å². The highest BCUT2D eigenvalue weighted by Crippen LogP contribution is 2.23. The van der Waals surface area contributed by atoms with Crippen molar-refractivity contribution in [1.29, 1.82) is 0 Å². The first-order chi connectivity index (χ1) is 8.58. The van der Waals surface area contributed by atoms with Gasteiger partial charge in [0, 0.05) is 12.1 Å². The zero-order valence-corrected chi connectivity index (χ0v) is 11.6. The Kier molecular flexibility index (Phi) is 4.18. The first kappa shape index (κ1) is 13.3. The van der Waals surface area contributed by atoms with Gasteiger partial charge in [0.05, 0.1) is 6.54 Å². The summed E-state index contributed by atoms with van der Waals surface area (Å²) >= 11 is 0. The molecule has 0 aromatic heterocycles. The average Bonchev–Trinajstić information content (AvgIpc) is 2.78. The lowest BCUT2D eigenvalue weighted by Gasteiger charge is -2.17. The summed E-state index contributed by atoms with van der Waals surface area (Å²) in [7, 11) is 0. The molecule has 18 heavy (non-hydrogen) atoms. The number of aryl methyl sites for hydroxylation is 1. The monoisotopic (exact) mass is 245 g/mol. The maximum absolute atomic E-state index is 12.3. The van der Waals surface area contributed by atoms with E-state index in [1.807, 2.05) is 31.2 Å². The second-order valence-corrected chi connectivity index (χ2v) is 5.77. The number of rotatable bonds is 4. The van der Waals surface area contributed by atoms with Gasteiger partial charge >= 0.3 is 0 Å². The van der Waals surface area contributed by atoms with E-state index in [4.69, 9.17) is 0 Å². The van der Waals surface area contributed by atoms with Crippen molar-refractivity contribution in [3.8, 4) is 0 Å². The second kappa shape index (κ2) is 5.66. The molecule has 1 saturated heterocycles. The van der Waals surface area contributed by atoms with Crippen molar-refractivity contribution in [2.24, 2.45) is 11.8 Å². The van der Waals surface area contributed by atoms with Crippen LogP contribution in [0.1, 0.15) is 36.2 Å². The zero-order valence-electron chi connectivity index (χ0n) is 11.6. The molecule has 2 heteroatoms. The standard InChI is InChI=1S/C16H23NO/c1-12(2)14-8-9-17(10-14)11-16(18)15-7-5-4-6-13(15)3/h4-7,12,14H,8-11H2,1-3H3. The third-order valence-corrected chi connectivity index (χ3v) is 4.06. The molecule has 1 aliphatic heterocycles. The number of likely N-dealkylation sites (tertiary alicyclic amines) is 1. The second-order valence-electron chi connectivity index (χ2n) is 5.77. The molecule has 0 N–H and O–H groups in total. The summed E-state index contributed by atoms with van der Waals surface area (Å²) in [6, 6.07) is 7.87. The first-order valence-corrected chi connectivity index (χ1v) is 6.89. The van der Waals surface area contributed by atoms with E-state index < -0.39 is 0 Å². The lowest BCUT2D eigenvalue weighted by Crippen LogP contribution is -2.28. The quantitative estimate of drug-likeness (QED) is 0.759. The van der Waals surface area contributed by atoms with E-state index in [-0.39, 0.29) is 5.78 Å². The highest BCUT2D eigenvalue weighted by molar-refractivity contribution is 5.98. The van der Waals surface area contributed by atoms with Crippen molar-refractivity contribution in [2.75, 3.05) is 19.6 Å². The molecule has 1 unspecified atom stereocenters. The lowest BCUT2D eigenvalue weighted by molar-refractivity contribution is 0.0941. The number of hydrogen-bond acceptors (Lipinski definition) is 2. The Bertz CT molecular complexity index is 425. The van der Waals surface area contributed by atoms with Crippen molar-refractivity contribution in [1.82, 2.24) is 4.90 Å². The molecule has 1 aliphatic rings. The number of Topliss-reactive ketones (excluding diaryl/α,β-unsaturated/α-hetero) is 1. The van der Waals surface area contributed by atoms with E-state index in [1.54, 1.807) is 0 Å². The van der Waals surface area contributed by atoms with Gasteiger partial charge in [0.1, 0.15) is 0 Å². The van der Waals surface area contributed by atoms with Crippen molar-refractivity contribution in [3.05, 3.63) is 35.4 Å². The summed E-state index contributed by atoms with van der Waals surface area (Å²) in [4.78, 5) is 14.6. The van der Waals surface area contributed by atoms with Crippen LogP contribution in [0, 0.1) is 18.8 Å². The van der Waals surface area contributed by atoms with Crippen LogP contribution in [0.15, 0.2) is 24.3 Å². The van der Waals surface area contributed by atoms with Crippen molar-refractivity contribution >= 4 is 5.78 Å². The molecular weight excluding hydrogens is 222 g/mol. The van der Waals surface area contributed by atoms with Crippen molar-refractivity contribution in [3.63, 3.8) is 0 Å². The highest BCUT2D eigenvalue weighted by atomic mass is 16.1. The van der Waals surface area contributed by atoms with Gasteiger partial charge in [-0.2, -0.15) is 0 Å². The molecule has 0 aliphatic carbocycles. The van der Waals surface area contributed by atoms with Gasteiger partial charge in [-0.05, 0) is 37.3 Å². The lowest BCUT2D eigenvalue weighted by atomic mass is 9.95. The number of ketones is 1. The maximum atomic E-state index is 12.3. The Labute approximate surface area is 110 Å². The van der Waals surface area contributed by atoms with Crippen molar-refractivity contribution in [2.45, 2.75) is 27.2 Å². The third kappa shape index (κ3) is 2.99. The predicted molar refractivity (Wildman–Crippen MR) is 74.9 cm³/mol.